The number of thiazole rings is 1. The van der Waals surface area contributed by atoms with E-state index in [1.54, 1.807) is 11.6 Å². The van der Waals surface area contributed by atoms with Crippen molar-refractivity contribution in [1.29, 1.82) is 0 Å². The van der Waals surface area contributed by atoms with Crippen molar-refractivity contribution in [2.75, 3.05) is 24.2 Å². The second kappa shape index (κ2) is 7.33. The lowest BCUT2D eigenvalue weighted by Crippen LogP contribution is -2.44. The fourth-order valence-electron chi connectivity index (χ4n) is 2.36. The number of amides is 1. The molecule has 1 saturated heterocycles. The van der Waals surface area contributed by atoms with Gasteiger partial charge in [-0.25, -0.2) is 17.7 Å². The van der Waals surface area contributed by atoms with E-state index in [4.69, 9.17) is 0 Å². The Morgan fingerprint density at radius 3 is 3.05 bits per heavy atom. The quantitative estimate of drug-likeness (QED) is 0.864. The summed E-state index contributed by atoms with van der Waals surface area (Å²) in [4.78, 5) is 16.2. The lowest BCUT2D eigenvalue weighted by atomic mass is 9.99. The number of hydrogen-bond acceptors (Lipinski definition) is 5. The van der Waals surface area contributed by atoms with Crippen LogP contribution in [0.5, 0.6) is 0 Å². The Bertz CT molecular complexity index is 557. The number of hydrogen-bond donors (Lipinski definition) is 1. The molecule has 21 heavy (non-hydrogen) atoms. The molecule has 1 aliphatic rings. The van der Waals surface area contributed by atoms with E-state index in [1.165, 1.54) is 15.6 Å². The minimum absolute atomic E-state index is 0.139. The molecule has 0 spiro atoms. The first-order valence-corrected chi connectivity index (χ1v) is 9.70. The third-order valence-corrected chi connectivity index (χ3v) is 6.18. The predicted molar refractivity (Wildman–Crippen MR) is 83.7 cm³/mol. The molecule has 6 nitrogen and oxygen atoms in total. The number of nitrogens with one attached hydrogen (secondary N) is 1. The van der Waals surface area contributed by atoms with Crippen LogP contribution in [0.25, 0.3) is 0 Å². The van der Waals surface area contributed by atoms with E-state index in [9.17, 15) is 13.2 Å². The molecule has 1 amide bonds. The summed E-state index contributed by atoms with van der Waals surface area (Å²) < 4.78 is 25.9. The van der Waals surface area contributed by atoms with Crippen LogP contribution in [-0.2, 0) is 14.8 Å². The Balaban J connectivity index is 1.95. The number of anilines is 1. The lowest BCUT2D eigenvalue weighted by molar-refractivity contribution is -0.120. The maximum atomic E-state index is 12.2. The van der Waals surface area contributed by atoms with Crippen molar-refractivity contribution in [1.82, 2.24) is 9.29 Å². The summed E-state index contributed by atoms with van der Waals surface area (Å²) in [6.45, 7) is 2.77. The minimum atomic E-state index is -3.23. The van der Waals surface area contributed by atoms with Crippen molar-refractivity contribution in [3.8, 4) is 0 Å². The van der Waals surface area contributed by atoms with Crippen LogP contribution in [0.15, 0.2) is 11.6 Å². The maximum Gasteiger partial charge on any atom is 0.230 e. The van der Waals surface area contributed by atoms with Gasteiger partial charge in [-0.05, 0) is 19.3 Å². The van der Waals surface area contributed by atoms with E-state index in [2.05, 4.69) is 10.3 Å². The SMILES string of the molecule is CCCCS(=O)(=O)N1CCC[C@H](C(=O)Nc2nccs2)C1. The number of sulfonamides is 1. The van der Waals surface area contributed by atoms with E-state index in [0.29, 0.717) is 18.1 Å². The van der Waals surface area contributed by atoms with Gasteiger partial charge in [0.1, 0.15) is 0 Å². The number of carbonyl (C=O) groups excluding carboxylic acids is 1. The Morgan fingerprint density at radius 2 is 2.38 bits per heavy atom. The number of piperidine rings is 1. The summed E-state index contributed by atoms with van der Waals surface area (Å²) in [5.74, 6) is -0.260. The average molecular weight is 331 g/mol. The van der Waals surface area contributed by atoms with Crippen molar-refractivity contribution in [3.63, 3.8) is 0 Å². The smallest absolute Gasteiger partial charge is 0.230 e. The lowest BCUT2D eigenvalue weighted by Gasteiger charge is -2.31. The van der Waals surface area contributed by atoms with Gasteiger partial charge in [0.15, 0.2) is 5.13 Å². The Morgan fingerprint density at radius 1 is 1.57 bits per heavy atom. The van der Waals surface area contributed by atoms with Gasteiger partial charge in [-0.1, -0.05) is 13.3 Å². The summed E-state index contributed by atoms with van der Waals surface area (Å²) >= 11 is 1.36. The van der Waals surface area contributed by atoms with Crippen molar-refractivity contribution in [3.05, 3.63) is 11.6 Å². The van der Waals surface area contributed by atoms with Gasteiger partial charge in [-0.15, -0.1) is 11.3 Å². The highest BCUT2D eigenvalue weighted by Crippen LogP contribution is 2.22. The third kappa shape index (κ3) is 4.49. The number of nitrogens with zero attached hydrogens (tertiary/aromatic N) is 2. The van der Waals surface area contributed by atoms with Crippen molar-refractivity contribution < 1.29 is 13.2 Å². The monoisotopic (exact) mass is 331 g/mol. The van der Waals surface area contributed by atoms with Crippen LogP contribution in [-0.4, -0.2) is 42.5 Å². The number of rotatable bonds is 6. The highest BCUT2D eigenvalue weighted by molar-refractivity contribution is 7.89. The predicted octanol–water partition coefficient (Wildman–Crippen LogP) is 1.92. The first-order valence-electron chi connectivity index (χ1n) is 7.21. The Labute approximate surface area is 129 Å². The second-order valence-electron chi connectivity index (χ2n) is 5.19. The molecule has 1 N–H and O–H groups in total. The fourth-order valence-corrected chi connectivity index (χ4v) is 4.62. The van der Waals surface area contributed by atoms with Gasteiger partial charge < -0.3 is 5.32 Å². The van der Waals surface area contributed by atoms with E-state index >= 15 is 0 Å². The molecular formula is C13H21N3O3S2. The summed E-state index contributed by atoms with van der Waals surface area (Å²) in [7, 11) is -3.23. The Kier molecular flexibility index (Phi) is 5.72. The summed E-state index contributed by atoms with van der Waals surface area (Å²) in [6, 6.07) is 0. The molecule has 0 radical (unpaired) electrons. The van der Waals surface area contributed by atoms with E-state index in [1.807, 2.05) is 6.92 Å². The minimum Gasteiger partial charge on any atom is -0.302 e. The van der Waals surface area contributed by atoms with E-state index < -0.39 is 10.0 Å². The molecule has 118 valence electrons. The van der Waals surface area contributed by atoms with Crippen LogP contribution in [0.2, 0.25) is 0 Å². The van der Waals surface area contributed by atoms with Crippen molar-refractivity contribution >= 4 is 32.4 Å². The average Bonchev–Trinajstić information content (AvgIpc) is 2.98. The molecule has 0 aromatic carbocycles. The van der Waals surface area contributed by atoms with Crippen LogP contribution in [0.3, 0.4) is 0 Å². The molecule has 0 bridgehead atoms. The normalized spacial score (nSPS) is 20.3. The molecule has 1 atom stereocenters. The van der Waals surface area contributed by atoms with Gasteiger partial charge in [0.2, 0.25) is 15.9 Å². The topological polar surface area (TPSA) is 79.4 Å². The Hall–Kier alpha value is -0.990. The number of carbonyl (C=O) groups is 1. The summed E-state index contributed by atoms with van der Waals surface area (Å²) in [5, 5.41) is 5.10. The largest absolute Gasteiger partial charge is 0.302 e. The van der Waals surface area contributed by atoms with Gasteiger partial charge in [0, 0.05) is 24.7 Å². The molecule has 0 saturated carbocycles. The molecule has 2 heterocycles. The van der Waals surface area contributed by atoms with Gasteiger partial charge in [-0.3, -0.25) is 4.79 Å². The molecule has 1 fully saturated rings. The number of aromatic nitrogens is 1. The summed E-state index contributed by atoms with van der Waals surface area (Å²) in [5.41, 5.74) is 0. The zero-order chi connectivity index (χ0) is 15.3. The second-order valence-corrected chi connectivity index (χ2v) is 8.18. The first-order chi connectivity index (χ1) is 10.0. The molecule has 1 aliphatic heterocycles. The molecule has 0 aliphatic carbocycles. The molecular weight excluding hydrogens is 310 g/mol. The van der Waals surface area contributed by atoms with Crippen LogP contribution in [0, 0.1) is 5.92 Å². The van der Waals surface area contributed by atoms with Gasteiger partial charge in [0.25, 0.3) is 0 Å². The van der Waals surface area contributed by atoms with E-state index in [-0.39, 0.29) is 24.1 Å². The standard InChI is InChI=1S/C13H21N3O3S2/c1-2-3-9-21(18,19)16-7-4-5-11(10-16)12(17)15-13-14-6-8-20-13/h6,8,11H,2-5,7,9-10H2,1H3,(H,14,15,17)/t11-/m0/s1. The van der Waals surface area contributed by atoms with Gasteiger partial charge >= 0.3 is 0 Å². The van der Waals surface area contributed by atoms with E-state index in [0.717, 1.165) is 19.3 Å². The third-order valence-electron chi connectivity index (χ3n) is 3.57. The van der Waals surface area contributed by atoms with Gasteiger partial charge in [-0.2, -0.15) is 0 Å². The first kappa shape index (κ1) is 16.4. The zero-order valence-corrected chi connectivity index (χ0v) is 13.8. The van der Waals surface area contributed by atoms with Crippen LogP contribution in [0.4, 0.5) is 5.13 Å². The highest BCUT2D eigenvalue weighted by atomic mass is 32.2. The molecule has 8 heteroatoms. The van der Waals surface area contributed by atoms with Crippen molar-refractivity contribution in [2.24, 2.45) is 5.92 Å². The molecule has 0 unspecified atom stereocenters. The molecule has 1 aromatic rings. The van der Waals surface area contributed by atoms with Gasteiger partial charge in [0.05, 0.1) is 11.7 Å². The fraction of sp³-hybridized carbons (Fsp3) is 0.692. The van der Waals surface area contributed by atoms with Crippen LogP contribution >= 0.6 is 11.3 Å². The number of unbranched alkanes of at least 4 members (excludes halogenated alkanes) is 1. The van der Waals surface area contributed by atoms with Crippen LogP contribution < -0.4 is 5.32 Å². The van der Waals surface area contributed by atoms with Crippen LogP contribution in [0.1, 0.15) is 32.6 Å². The molecule has 2 rings (SSSR count). The van der Waals surface area contributed by atoms with Crippen molar-refractivity contribution in [2.45, 2.75) is 32.6 Å². The maximum absolute atomic E-state index is 12.2. The zero-order valence-electron chi connectivity index (χ0n) is 12.1. The molecule has 1 aromatic heterocycles. The highest BCUT2D eigenvalue weighted by Gasteiger charge is 2.32. The summed E-state index contributed by atoms with van der Waals surface area (Å²) in [6.07, 6.45) is 4.58.